The molecule has 0 bridgehead atoms. The van der Waals surface area contributed by atoms with Crippen molar-refractivity contribution in [2.24, 2.45) is 0 Å². The van der Waals surface area contributed by atoms with Crippen LogP contribution >= 0.6 is 0 Å². The fourth-order valence-corrected chi connectivity index (χ4v) is 1.80. The smallest absolute Gasteiger partial charge is 0.244 e. The molecule has 0 spiro atoms. The molecule has 0 saturated heterocycles. The summed E-state index contributed by atoms with van der Waals surface area (Å²) in [6.45, 7) is 0.535. The Balaban J connectivity index is 1.93. The van der Waals surface area contributed by atoms with Crippen LogP contribution in [0.1, 0.15) is 19.3 Å². The van der Waals surface area contributed by atoms with Crippen LogP contribution in [0, 0.1) is 0 Å². The predicted molar refractivity (Wildman–Crippen MR) is 54.3 cm³/mol. The van der Waals surface area contributed by atoms with Gasteiger partial charge >= 0.3 is 0 Å². The van der Waals surface area contributed by atoms with Gasteiger partial charge in [-0.1, -0.05) is 0 Å². The highest BCUT2D eigenvalue weighted by molar-refractivity contribution is 5.76. The number of hydrogen-bond acceptors (Lipinski definition) is 5. The minimum atomic E-state index is -0.0361. The van der Waals surface area contributed by atoms with Crippen LogP contribution in [-0.4, -0.2) is 55.3 Å². The van der Waals surface area contributed by atoms with Crippen LogP contribution in [0.2, 0.25) is 0 Å². The number of carbonyl (C=O) groups is 1. The molecule has 0 aromatic carbocycles. The molecular formula is C9H15N5O2. The number of aromatic nitrogens is 4. The summed E-state index contributed by atoms with van der Waals surface area (Å²) in [7, 11) is 0. The second-order valence-electron chi connectivity index (χ2n) is 3.90. The van der Waals surface area contributed by atoms with Crippen LogP contribution in [0.25, 0.3) is 0 Å². The number of carbonyl (C=O) groups excluding carboxylic acids is 1. The van der Waals surface area contributed by atoms with Gasteiger partial charge in [0.1, 0.15) is 12.9 Å². The van der Waals surface area contributed by atoms with Gasteiger partial charge in [-0.2, -0.15) is 0 Å². The highest BCUT2D eigenvalue weighted by Gasteiger charge is 2.28. The zero-order valence-corrected chi connectivity index (χ0v) is 8.99. The molecule has 1 amide bonds. The van der Waals surface area contributed by atoms with E-state index in [2.05, 4.69) is 15.5 Å². The summed E-state index contributed by atoms with van der Waals surface area (Å²) < 4.78 is 1.39. The molecule has 1 aliphatic rings. The van der Waals surface area contributed by atoms with Crippen molar-refractivity contribution >= 4 is 5.91 Å². The molecule has 0 radical (unpaired) electrons. The standard InChI is InChI=1S/C9H15N5O2/c15-5-4-14(8-2-1-3-8)9(16)6-13-7-10-11-12-13/h7-8,15H,1-6H2. The van der Waals surface area contributed by atoms with E-state index in [0.29, 0.717) is 6.54 Å². The second kappa shape index (κ2) is 5.02. The minimum Gasteiger partial charge on any atom is -0.395 e. The monoisotopic (exact) mass is 225 g/mol. The fraction of sp³-hybridized carbons (Fsp3) is 0.778. The van der Waals surface area contributed by atoms with Gasteiger partial charge in [0.15, 0.2) is 0 Å². The highest BCUT2D eigenvalue weighted by Crippen LogP contribution is 2.24. The van der Waals surface area contributed by atoms with Crippen molar-refractivity contribution in [2.45, 2.75) is 31.8 Å². The summed E-state index contributed by atoms with van der Waals surface area (Å²) >= 11 is 0. The van der Waals surface area contributed by atoms with Crippen LogP contribution in [-0.2, 0) is 11.3 Å². The summed E-state index contributed by atoms with van der Waals surface area (Å²) in [5.41, 5.74) is 0. The van der Waals surface area contributed by atoms with Crippen molar-refractivity contribution in [3.8, 4) is 0 Å². The first-order valence-electron chi connectivity index (χ1n) is 5.42. The molecule has 2 rings (SSSR count). The zero-order chi connectivity index (χ0) is 11.4. The van der Waals surface area contributed by atoms with E-state index >= 15 is 0 Å². The van der Waals surface area contributed by atoms with Crippen molar-refractivity contribution < 1.29 is 9.90 Å². The van der Waals surface area contributed by atoms with Gasteiger partial charge in [-0.05, 0) is 29.7 Å². The number of tetrazole rings is 1. The Morgan fingerprint density at radius 2 is 2.38 bits per heavy atom. The van der Waals surface area contributed by atoms with Crippen molar-refractivity contribution in [1.82, 2.24) is 25.1 Å². The zero-order valence-electron chi connectivity index (χ0n) is 8.99. The summed E-state index contributed by atoms with van der Waals surface area (Å²) in [6, 6.07) is 0.288. The van der Waals surface area contributed by atoms with Crippen LogP contribution in [0.4, 0.5) is 0 Å². The number of aliphatic hydroxyl groups excluding tert-OH is 1. The molecule has 0 aliphatic heterocycles. The molecule has 1 aromatic rings. The Hall–Kier alpha value is -1.50. The largest absolute Gasteiger partial charge is 0.395 e. The Bertz CT molecular complexity index is 336. The fourth-order valence-electron chi connectivity index (χ4n) is 1.80. The van der Waals surface area contributed by atoms with E-state index in [1.807, 2.05) is 0 Å². The first-order chi connectivity index (χ1) is 7.81. The third-order valence-electron chi connectivity index (χ3n) is 2.87. The number of hydrogen-bond donors (Lipinski definition) is 1. The van der Waals surface area contributed by atoms with Crippen LogP contribution in [0.5, 0.6) is 0 Å². The van der Waals surface area contributed by atoms with Gasteiger partial charge in [0.05, 0.1) is 6.61 Å². The summed E-state index contributed by atoms with van der Waals surface area (Å²) in [5, 5.41) is 19.5. The molecule has 88 valence electrons. The van der Waals surface area contributed by atoms with E-state index in [1.54, 1.807) is 4.90 Å². The van der Waals surface area contributed by atoms with E-state index < -0.39 is 0 Å². The average molecular weight is 225 g/mol. The molecular weight excluding hydrogens is 210 g/mol. The molecule has 0 unspecified atom stereocenters. The molecule has 1 fully saturated rings. The SMILES string of the molecule is O=C(Cn1cnnn1)N(CCO)C1CCC1. The van der Waals surface area contributed by atoms with E-state index in [1.165, 1.54) is 11.0 Å². The van der Waals surface area contributed by atoms with E-state index in [9.17, 15) is 4.79 Å². The van der Waals surface area contributed by atoms with Gasteiger partial charge in [-0.3, -0.25) is 4.79 Å². The summed E-state index contributed by atoms with van der Waals surface area (Å²) in [5.74, 6) is -0.0361. The Morgan fingerprint density at radius 3 is 2.88 bits per heavy atom. The summed E-state index contributed by atoms with van der Waals surface area (Å²) in [4.78, 5) is 13.7. The highest BCUT2D eigenvalue weighted by atomic mass is 16.3. The maximum atomic E-state index is 11.9. The second-order valence-corrected chi connectivity index (χ2v) is 3.90. The number of rotatable bonds is 5. The van der Waals surface area contributed by atoms with Gasteiger partial charge in [0, 0.05) is 12.6 Å². The van der Waals surface area contributed by atoms with Gasteiger partial charge in [0.2, 0.25) is 5.91 Å². The van der Waals surface area contributed by atoms with Crippen molar-refractivity contribution in [3.63, 3.8) is 0 Å². The summed E-state index contributed by atoms with van der Waals surface area (Å²) in [6.07, 6.45) is 4.63. The lowest BCUT2D eigenvalue weighted by Gasteiger charge is -2.37. The van der Waals surface area contributed by atoms with Crippen LogP contribution in [0.15, 0.2) is 6.33 Å². The Kier molecular flexibility index (Phi) is 3.45. The number of aliphatic hydroxyl groups is 1. The first-order valence-corrected chi connectivity index (χ1v) is 5.42. The maximum Gasteiger partial charge on any atom is 0.244 e. The molecule has 1 saturated carbocycles. The number of amides is 1. The first kappa shape index (κ1) is 11.0. The Labute approximate surface area is 93.0 Å². The Morgan fingerprint density at radius 1 is 1.56 bits per heavy atom. The van der Waals surface area contributed by atoms with Gasteiger partial charge in [0.25, 0.3) is 0 Å². The van der Waals surface area contributed by atoms with Crippen LogP contribution < -0.4 is 0 Å². The molecule has 0 atom stereocenters. The topological polar surface area (TPSA) is 84.1 Å². The maximum absolute atomic E-state index is 11.9. The molecule has 1 aromatic heterocycles. The third kappa shape index (κ3) is 2.35. The average Bonchev–Trinajstić information content (AvgIpc) is 2.67. The normalized spacial score (nSPS) is 15.8. The molecule has 1 aliphatic carbocycles. The van der Waals surface area contributed by atoms with Gasteiger partial charge in [-0.15, -0.1) is 5.10 Å². The van der Waals surface area contributed by atoms with Crippen molar-refractivity contribution in [2.75, 3.05) is 13.2 Å². The molecule has 1 heterocycles. The van der Waals surface area contributed by atoms with Crippen molar-refractivity contribution in [1.29, 1.82) is 0 Å². The lowest BCUT2D eigenvalue weighted by molar-refractivity contribution is -0.136. The van der Waals surface area contributed by atoms with Gasteiger partial charge < -0.3 is 10.0 Å². The quantitative estimate of drug-likeness (QED) is 0.698. The molecule has 16 heavy (non-hydrogen) atoms. The van der Waals surface area contributed by atoms with E-state index in [-0.39, 0.29) is 25.1 Å². The van der Waals surface area contributed by atoms with E-state index in [0.717, 1.165) is 19.3 Å². The molecule has 7 heteroatoms. The third-order valence-corrected chi connectivity index (χ3v) is 2.87. The van der Waals surface area contributed by atoms with Crippen molar-refractivity contribution in [3.05, 3.63) is 6.33 Å². The van der Waals surface area contributed by atoms with E-state index in [4.69, 9.17) is 5.11 Å². The predicted octanol–water partition coefficient (Wildman–Crippen LogP) is -0.953. The molecule has 7 nitrogen and oxygen atoms in total. The molecule has 1 N–H and O–H groups in total. The lowest BCUT2D eigenvalue weighted by Crippen LogP contribution is -2.47. The number of nitrogens with zero attached hydrogens (tertiary/aromatic N) is 5. The lowest BCUT2D eigenvalue weighted by atomic mass is 9.91. The van der Waals surface area contributed by atoms with Gasteiger partial charge in [-0.25, -0.2) is 4.68 Å². The minimum absolute atomic E-state index is 0.00214. The van der Waals surface area contributed by atoms with Crippen LogP contribution in [0.3, 0.4) is 0 Å².